The summed E-state index contributed by atoms with van der Waals surface area (Å²) in [6.07, 6.45) is 1.18. The van der Waals surface area contributed by atoms with Crippen LogP contribution in [0.1, 0.15) is 40.5 Å². The summed E-state index contributed by atoms with van der Waals surface area (Å²) in [5.74, 6) is -1.00. The van der Waals surface area contributed by atoms with E-state index >= 15 is 0 Å². The molecule has 1 amide bonds. The monoisotopic (exact) mass is 229 g/mol. The van der Waals surface area contributed by atoms with Crippen LogP contribution in [0.25, 0.3) is 0 Å². The van der Waals surface area contributed by atoms with Gasteiger partial charge in [-0.15, -0.1) is 0 Å². The lowest BCUT2D eigenvalue weighted by Crippen LogP contribution is -2.46. The van der Waals surface area contributed by atoms with Crippen molar-refractivity contribution < 1.29 is 19.4 Å². The van der Waals surface area contributed by atoms with Crippen molar-refractivity contribution in [3.8, 4) is 0 Å². The van der Waals surface area contributed by atoms with E-state index in [0.717, 1.165) is 12.8 Å². The third-order valence-corrected chi connectivity index (χ3v) is 2.32. The van der Waals surface area contributed by atoms with Gasteiger partial charge in [0.25, 0.3) is 0 Å². The number of aliphatic carboxylic acids is 1. The maximum Gasteiger partial charge on any atom is 0.411 e. The van der Waals surface area contributed by atoms with Gasteiger partial charge in [0.1, 0.15) is 11.6 Å². The summed E-state index contributed by atoms with van der Waals surface area (Å²) in [7, 11) is 0. The summed E-state index contributed by atoms with van der Waals surface area (Å²) in [6.45, 7) is 6.80. The van der Waals surface area contributed by atoms with Gasteiger partial charge in [-0.2, -0.15) is 0 Å². The summed E-state index contributed by atoms with van der Waals surface area (Å²) in [5, 5.41) is 8.93. The van der Waals surface area contributed by atoms with Crippen molar-refractivity contribution in [1.82, 2.24) is 4.90 Å². The number of carbonyl (C=O) groups is 2. The number of nitrogens with zero attached hydrogens (tertiary/aromatic N) is 1. The first-order valence-corrected chi connectivity index (χ1v) is 5.46. The summed E-state index contributed by atoms with van der Waals surface area (Å²) < 4.78 is 5.20. The molecule has 1 rings (SSSR count). The van der Waals surface area contributed by atoms with Crippen molar-refractivity contribution in [1.29, 1.82) is 0 Å². The van der Waals surface area contributed by atoms with Gasteiger partial charge in [0.15, 0.2) is 0 Å². The van der Waals surface area contributed by atoms with E-state index < -0.39 is 23.7 Å². The molecule has 0 aromatic heterocycles. The van der Waals surface area contributed by atoms with E-state index in [0.29, 0.717) is 0 Å². The Hall–Kier alpha value is -1.26. The Morgan fingerprint density at radius 1 is 1.38 bits per heavy atom. The van der Waals surface area contributed by atoms with Gasteiger partial charge in [-0.05, 0) is 40.5 Å². The molecule has 1 aliphatic rings. The van der Waals surface area contributed by atoms with Crippen LogP contribution in [-0.4, -0.2) is 39.8 Å². The van der Waals surface area contributed by atoms with Crippen LogP contribution >= 0.6 is 0 Å². The minimum Gasteiger partial charge on any atom is -0.480 e. The first kappa shape index (κ1) is 12.8. The van der Waals surface area contributed by atoms with Crippen LogP contribution in [0.2, 0.25) is 0 Å². The van der Waals surface area contributed by atoms with E-state index in [1.807, 2.05) is 0 Å². The van der Waals surface area contributed by atoms with Crippen LogP contribution in [0.4, 0.5) is 4.79 Å². The number of hydrogen-bond donors (Lipinski definition) is 1. The molecule has 0 heterocycles. The molecule has 0 saturated heterocycles. The molecule has 0 aliphatic heterocycles. The number of carbonyl (C=O) groups excluding carboxylic acids is 1. The molecular weight excluding hydrogens is 210 g/mol. The Labute approximate surface area is 95.4 Å². The molecule has 1 aliphatic carbocycles. The zero-order chi connectivity index (χ0) is 12.5. The number of rotatable bonds is 3. The van der Waals surface area contributed by atoms with Crippen molar-refractivity contribution in [3.05, 3.63) is 0 Å². The quantitative estimate of drug-likeness (QED) is 0.802. The smallest absolute Gasteiger partial charge is 0.411 e. The molecule has 0 aromatic rings. The second-order valence-electron chi connectivity index (χ2n) is 5.13. The lowest BCUT2D eigenvalue weighted by Gasteiger charge is -2.29. The average Bonchev–Trinajstić information content (AvgIpc) is 2.84. The zero-order valence-corrected chi connectivity index (χ0v) is 10.2. The van der Waals surface area contributed by atoms with Crippen molar-refractivity contribution in [2.75, 3.05) is 0 Å². The van der Waals surface area contributed by atoms with Crippen molar-refractivity contribution in [2.45, 2.75) is 58.2 Å². The highest BCUT2D eigenvalue weighted by molar-refractivity contribution is 5.80. The number of carboxylic acids is 1. The first-order valence-electron chi connectivity index (χ1n) is 5.46. The van der Waals surface area contributed by atoms with Crippen LogP contribution in [0, 0.1) is 0 Å². The third kappa shape index (κ3) is 3.40. The first-order chi connectivity index (χ1) is 7.22. The minimum atomic E-state index is -1.00. The minimum absolute atomic E-state index is 0.0287. The van der Waals surface area contributed by atoms with Crippen molar-refractivity contribution >= 4 is 12.1 Å². The van der Waals surface area contributed by atoms with Crippen LogP contribution in [0.3, 0.4) is 0 Å². The average molecular weight is 229 g/mol. The van der Waals surface area contributed by atoms with E-state index in [-0.39, 0.29) is 6.04 Å². The van der Waals surface area contributed by atoms with Crippen molar-refractivity contribution in [2.24, 2.45) is 0 Å². The SMILES string of the molecule is C[C@@H](C(=O)O)N(C(=O)OC(C)(C)C)C1CC1. The predicted octanol–water partition coefficient (Wildman–Crippen LogP) is 1.86. The third-order valence-electron chi connectivity index (χ3n) is 2.32. The van der Waals surface area contributed by atoms with E-state index in [1.165, 1.54) is 11.8 Å². The number of carboxylic acid groups (broad SMARTS) is 1. The van der Waals surface area contributed by atoms with Crippen LogP contribution in [-0.2, 0) is 9.53 Å². The van der Waals surface area contributed by atoms with Gasteiger partial charge in [-0.1, -0.05) is 0 Å². The van der Waals surface area contributed by atoms with Crippen LogP contribution < -0.4 is 0 Å². The molecule has 0 unspecified atom stereocenters. The summed E-state index contributed by atoms with van der Waals surface area (Å²) in [6, 6.07) is -0.803. The fourth-order valence-corrected chi connectivity index (χ4v) is 1.41. The molecule has 0 radical (unpaired) electrons. The molecule has 92 valence electrons. The van der Waals surface area contributed by atoms with Gasteiger partial charge >= 0.3 is 12.1 Å². The Bertz CT molecular complexity index is 291. The molecule has 1 N–H and O–H groups in total. The Morgan fingerprint density at radius 2 is 1.88 bits per heavy atom. The number of ether oxygens (including phenoxy) is 1. The molecule has 1 saturated carbocycles. The molecule has 0 bridgehead atoms. The lowest BCUT2D eigenvalue weighted by atomic mass is 10.2. The fourth-order valence-electron chi connectivity index (χ4n) is 1.41. The molecule has 0 aromatic carbocycles. The summed E-state index contributed by atoms with van der Waals surface area (Å²) in [5.41, 5.74) is -0.595. The van der Waals surface area contributed by atoms with Gasteiger partial charge in [0, 0.05) is 6.04 Å². The largest absolute Gasteiger partial charge is 0.480 e. The maximum atomic E-state index is 11.8. The highest BCUT2D eigenvalue weighted by Gasteiger charge is 2.40. The molecule has 0 spiro atoms. The Morgan fingerprint density at radius 3 is 2.19 bits per heavy atom. The molecular formula is C11H19NO4. The Kier molecular flexibility index (Phi) is 3.45. The van der Waals surface area contributed by atoms with Gasteiger partial charge < -0.3 is 9.84 Å². The van der Waals surface area contributed by atoms with E-state index in [9.17, 15) is 9.59 Å². The van der Waals surface area contributed by atoms with E-state index in [4.69, 9.17) is 9.84 Å². The number of amides is 1. The second kappa shape index (κ2) is 4.31. The van der Waals surface area contributed by atoms with E-state index in [2.05, 4.69) is 0 Å². The molecule has 1 atom stereocenters. The van der Waals surface area contributed by atoms with E-state index in [1.54, 1.807) is 20.8 Å². The molecule has 5 heteroatoms. The highest BCUT2D eigenvalue weighted by Crippen LogP contribution is 2.30. The van der Waals surface area contributed by atoms with Crippen LogP contribution in [0.15, 0.2) is 0 Å². The second-order valence-corrected chi connectivity index (χ2v) is 5.13. The number of hydrogen-bond acceptors (Lipinski definition) is 3. The predicted molar refractivity (Wildman–Crippen MR) is 58.2 cm³/mol. The van der Waals surface area contributed by atoms with Gasteiger partial charge in [-0.25, -0.2) is 9.59 Å². The van der Waals surface area contributed by atoms with Crippen LogP contribution in [0.5, 0.6) is 0 Å². The topological polar surface area (TPSA) is 66.8 Å². The van der Waals surface area contributed by atoms with Crippen molar-refractivity contribution in [3.63, 3.8) is 0 Å². The highest BCUT2D eigenvalue weighted by atomic mass is 16.6. The molecule has 1 fully saturated rings. The van der Waals surface area contributed by atoms with Gasteiger partial charge in [0.05, 0.1) is 0 Å². The molecule has 5 nitrogen and oxygen atoms in total. The Balaban J connectivity index is 2.70. The summed E-state index contributed by atoms with van der Waals surface area (Å²) in [4.78, 5) is 24.0. The van der Waals surface area contributed by atoms with Gasteiger partial charge in [0.2, 0.25) is 0 Å². The normalized spacial score (nSPS) is 17.8. The van der Waals surface area contributed by atoms with Gasteiger partial charge in [-0.3, -0.25) is 4.90 Å². The standard InChI is InChI=1S/C11H19NO4/c1-7(9(13)14)12(8-5-6-8)10(15)16-11(2,3)4/h7-8H,5-6H2,1-4H3,(H,13,14)/t7-/m0/s1. The fraction of sp³-hybridized carbons (Fsp3) is 0.818. The summed E-state index contributed by atoms with van der Waals surface area (Å²) >= 11 is 0. The zero-order valence-electron chi connectivity index (χ0n) is 10.2. The lowest BCUT2D eigenvalue weighted by molar-refractivity contribution is -0.142. The maximum absolute atomic E-state index is 11.8. The molecule has 16 heavy (non-hydrogen) atoms.